The van der Waals surface area contributed by atoms with Gasteiger partial charge in [0.25, 0.3) is 5.91 Å². The largest absolute Gasteiger partial charge is 0.496 e. The predicted molar refractivity (Wildman–Crippen MR) is 128 cm³/mol. The zero-order valence-corrected chi connectivity index (χ0v) is 20.0. The van der Waals surface area contributed by atoms with Crippen molar-refractivity contribution in [2.45, 2.75) is 65.0 Å². The Labute approximate surface area is 195 Å². The molecule has 1 heterocycles. The first-order chi connectivity index (χ1) is 15.6. The van der Waals surface area contributed by atoms with E-state index in [0.29, 0.717) is 37.3 Å². The topological polar surface area (TPSA) is 126 Å². The fourth-order valence-corrected chi connectivity index (χ4v) is 4.61. The number of ketones is 1. The van der Waals surface area contributed by atoms with Crippen LogP contribution in [0.2, 0.25) is 0 Å². The van der Waals surface area contributed by atoms with Gasteiger partial charge in [-0.2, -0.15) is 0 Å². The van der Waals surface area contributed by atoms with Gasteiger partial charge in [0.2, 0.25) is 5.91 Å². The standard InChI is InChI=1S/C25H36N4O4/c1-25(2,3)13-16(14-27-19(23(26)31)11-15-7-5-9-21(15)30)28-24(32)20-12-17-18(29-20)8-6-10-22(17)33-4/h6,8,10,12,15-16,19,27,29H,5,7,9,11,13-14H2,1-4H3,(H2,26,31)(H,28,32)/t15-,16-,19-/m0/s1. The molecule has 1 aliphatic rings. The molecule has 1 aliphatic carbocycles. The molecule has 0 spiro atoms. The molecular formula is C25H36N4O4. The lowest BCUT2D eigenvalue weighted by molar-refractivity contribution is -0.122. The molecule has 1 aromatic heterocycles. The van der Waals surface area contributed by atoms with Crippen molar-refractivity contribution in [1.29, 1.82) is 0 Å². The van der Waals surface area contributed by atoms with Gasteiger partial charge in [0, 0.05) is 35.8 Å². The maximum absolute atomic E-state index is 13.1. The Morgan fingerprint density at radius 3 is 2.67 bits per heavy atom. The maximum Gasteiger partial charge on any atom is 0.267 e. The van der Waals surface area contributed by atoms with E-state index in [0.717, 1.165) is 23.7 Å². The van der Waals surface area contributed by atoms with E-state index >= 15 is 0 Å². The molecule has 0 radical (unpaired) electrons. The highest BCUT2D eigenvalue weighted by molar-refractivity contribution is 5.99. The van der Waals surface area contributed by atoms with Crippen LogP contribution in [0.25, 0.3) is 10.9 Å². The van der Waals surface area contributed by atoms with Crippen LogP contribution in [0, 0.1) is 11.3 Å². The smallest absolute Gasteiger partial charge is 0.267 e. The minimum absolute atomic E-state index is 0.0487. The highest BCUT2D eigenvalue weighted by Gasteiger charge is 2.30. The Bertz CT molecular complexity index is 1010. The number of ether oxygens (including phenoxy) is 1. The number of nitrogens with two attached hydrogens (primary N) is 1. The van der Waals surface area contributed by atoms with Gasteiger partial charge in [-0.25, -0.2) is 0 Å². The summed E-state index contributed by atoms with van der Waals surface area (Å²) in [6, 6.07) is 6.56. The maximum atomic E-state index is 13.1. The number of amides is 2. The van der Waals surface area contributed by atoms with Crippen LogP contribution in [-0.4, -0.2) is 48.3 Å². The zero-order chi connectivity index (χ0) is 24.2. The van der Waals surface area contributed by atoms with Gasteiger partial charge in [0.05, 0.1) is 13.2 Å². The van der Waals surface area contributed by atoms with Crippen LogP contribution >= 0.6 is 0 Å². The average molecular weight is 457 g/mol. The number of carbonyl (C=O) groups is 3. The average Bonchev–Trinajstić information content (AvgIpc) is 3.35. The summed E-state index contributed by atoms with van der Waals surface area (Å²) >= 11 is 0. The number of H-pyrrole nitrogens is 1. The van der Waals surface area contributed by atoms with Gasteiger partial charge in [0.15, 0.2) is 0 Å². The molecule has 0 saturated heterocycles. The normalized spacial score (nSPS) is 18.3. The summed E-state index contributed by atoms with van der Waals surface area (Å²) in [7, 11) is 1.60. The zero-order valence-electron chi connectivity index (χ0n) is 20.0. The Morgan fingerprint density at radius 1 is 1.30 bits per heavy atom. The van der Waals surface area contributed by atoms with Crippen molar-refractivity contribution < 1.29 is 19.1 Å². The number of rotatable bonds is 10. The second kappa shape index (κ2) is 10.4. The number of aromatic nitrogens is 1. The van der Waals surface area contributed by atoms with Gasteiger partial charge in [-0.05, 0) is 49.3 Å². The van der Waals surface area contributed by atoms with E-state index in [-0.39, 0.29) is 29.1 Å². The molecule has 180 valence electrons. The Balaban J connectivity index is 1.70. The minimum atomic E-state index is -0.603. The molecule has 5 N–H and O–H groups in total. The number of methoxy groups -OCH3 is 1. The van der Waals surface area contributed by atoms with Crippen LogP contribution in [0.15, 0.2) is 24.3 Å². The van der Waals surface area contributed by atoms with Crippen LogP contribution in [0.3, 0.4) is 0 Å². The SMILES string of the molecule is COc1cccc2[nH]c(C(=O)N[C@H](CN[C@@H](C[C@@H]3CCCC3=O)C(N)=O)CC(C)(C)C)cc12. The van der Waals surface area contributed by atoms with Crippen molar-refractivity contribution in [1.82, 2.24) is 15.6 Å². The van der Waals surface area contributed by atoms with E-state index in [1.54, 1.807) is 13.2 Å². The molecule has 1 fully saturated rings. The van der Waals surface area contributed by atoms with Gasteiger partial charge >= 0.3 is 0 Å². The van der Waals surface area contributed by atoms with Crippen molar-refractivity contribution in [2.75, 3.05) is 13.7 Å². The van der Waals surface area contributed by atoms with Crippen LogP contribution in [-0.2, 0) is 9.59 Å². The number of hydrogen-bond donors (Lipinski definition) is 4. The summed E-state index contributed by atoms with van der Waals surface area (Å²) in [6.07, 6.45) is 3.35. The van der Waals surface area contributed by atoms with Gasteiger partial charge in [-0.1, -0.05) is 26.8 Å². The monoisotopic (exact) mass is 456 g/mol. The third-order valence-corrected chi connectivity index (χ3v) is 6.19. The molecule has 8 heteroatoms. The van der Waals surface area contributed by atoms with Gasteiger partial charge in [0.1, 0.15) is 17.2 Å². The second-order valence-electron chi connectivity index (χ2n) is 10.2. The third kappa shape index (κ3) is 6.57. The molecule has 2 aromatic rings. The van der Waals surface area contributed by atoms with Crippen molar-refractivity contribution >= 4 is 28.5 Å². The van der Waals surface area contributed by atoms with Crippen LogP contribution in [0.4, 0.5) is 0 Å². The van der Waals surface area contributed by atoms with Crippen molar-refractivity contribution in [3.8, 4) is 5.75 Å². The van der Waals surface area contributed by atoms with Crippen molar-refractivity contribution in [3.05, 3.63) is 30.0 Å². The highest BCUT2D eigenvalue weighted by atomic mass is 16.5. The number of carbonyl (C=O) groups excluding carboxylic acids is 3. The summed E-state index contributed by atoms with van der Waals surface area (Å²) in [5, 5.41) is 7.15. The van der Waals surface area contributed by atoms with Crippen LogP contribution in [0.5, 0.6) is 5.75 Å². The molecule has 0 bridgehead atoms. The first kappa shape index (κ1) is 24.8. The van der Waals surface area contributed by atoms with Crippen LogP contribution in [0.1, 0.15) is 63.4 Å². The molecule has 8 nitrogen and oxygen atoms in total. The fourth-order valence-electron chi connectivity index (χ4n) is 4.61. The van der Waals surface area contributed by atoms with Crippen LogP contribution < -0.4 is 21.1 Å². The summed E-state index contributed by atoms with van der Waals surface area (Å²) in [5.74, 6) is 0.0782. The molecular weight excluding hydrogens is 420 g/mol. The number of hydrogen-bond acceptors (Lipinski definition) is 5. The van der Waals surface area contributed by atoms with E-state index in [1.165, 1.54) is 0 Å². The molecule has 1 aromatic carbocycles. The lowest BCUT2D eigenvalue weighted by Crippen LogP contribution is -2.50. The van der Waals surface area contributed by atoms with Gasteiger partial charge in [-0.15, -0.1) is 0 Å². The van der Waals surface area contributed by atoms with E-state index < -0.39 is 11.9 Å². The Kier molecular flexibility index (Phi) is 7.79. The number of Topliss-reactive ketones (excluding diaryl/α,β-unsaturated/α-hetero) is 1. The molecule has 33 heavy (non-hydrogen) atoms. The Hall–Kier alpha value is -2.87. The van der Waals surface area contributed by atoms with E-state index in [4.69, 9.17) is 10.5 Å². The quantitative estimate of drug-likeness (QED) is 0.437. The minimum Gasteiger partial charge on any atom is -0.496 e. The number of benzene rings is 1. The van der Waals surface area contributed by atoms with Gasteiger partial charge in [-0.3, -0.25) is 14.4 Å². The molecule has 0 unspecified atom stereocenters. The second-order valence-corrected chi connectivity index (χ2v) is 10.2. The molecule has 1 saturated carbocycles. The third-order valence-electron chi connectivity index (χ3n) is 6.19. The molecule has 3 atom stereocenters. The number of primary amides is 1. The molecule has 0 aliphatic heterocycles. The summed E-state index contributed by atoms with van der Waals surface area (Å²) in [4.78, 5) is 40.3. The van der Waals surface area contributed by atoms with Crippen molar-refractivity contribution in [3.63, 3.8) is 0 Å². The lowest BCUT2D eigenvalue weighted by Gasteiger charge is -2.28. The number of fused-ring (bicyclic) bond motifs is 1. The Morgan fingerprint density at radius 2 is 2.06 bits per heavy atom. The lowest BCUT2D eigenvalue weighted by atomic mass is 9.87. The van der Waals surface area contributed by atoms with Gasteiger partial charge < -0.3 is 26.1 Å². The van der Waals surface area contributed by atoms with E-state index in [1.807, 2.05) is 18.2 Å². The first-order valence-electron chi connectivity index (χ1n) is 11.6. The fraction of sp³-hybridized carbons (Fsp3) is 0.560. The highest BCUT2D eigenvalue weighted by Crippen LogP contribution is 2.27. The summed E-state index contributed by atoms with van der Waals surface area (Å²) in [6.45, 7) is 6.68. The van der Waals surface area contributed by atoms with E-state index in [2.05, 4.69) is 36.4 Å². The molecule has 3 rings (SSSR count). The van der Waals surface area contributed by atoms with Crippen molar-refractivity contribution in [2.24, 2.45) is 17.1 Å². The number of nitrogens with one attached hydrogen (secondary N) is 3. The summed E-state index contributed by atoms with van der Waals surface area (Å²) < 4.78 is 5.39. The summed E-state index contributed by atoms with van der Waals surface area (Å²) in [5.41, 5.74) is 6.83. The first-order valence-corrected chi connectivity index (χ1v) is 11.6. The van der Waals surface area contributed by atoms with E-state index in [9.17, 15) is 14.4 Å². The molecule has 2 amide bonds. The number of aromatic amines is 1. The predicted octanol–water partition coefficient (Wildman–Crippen LogP) is 2.91.